The second-order valence-corrected chi connectivity index (χ2v) is 10.6. The van der Waals surface area contributed by atoms with Crippen LogP contribution in [0.15, 0.2) is 97.1 Å². The van der Waals surface area contributed by atoms with E-state index in [4.69, 9.17) is 24.1 Å². The lowest BCUT2D eigenvalue weighted by Crippen LogP contribution is -2.22. The largest absolute Gasteiger partial charge is 0.462 e. The first-order valence-electron chi connectivity index (χ1n) is 14.6. The van der Waals surface area contributed by atoms with Crippen LogP contribution in [0.25, 0.3) is 17.2 Å². The fraction of sp³-hybridized carbons (Fsp3) is 0.222. The Morgan fingerprint density at radius 1 is 0.761 bits per heavy atom. The summed E-state index contributed by atoms with van der Waals surface area (Å²) in [5.74, 6) is -2.81. The summed E-state index contributed by atoms with van der Waals surface area (Å²) in [6.07, 6.45) is 6.77. The number of benzene rings is 3. The quantitative estimate of drug-likeness (QED) is 0.140. The van der Waals surface area contributed by atoms with Crippen molar-refractivity contribution >= 4 is 30.0 Å². The molecule has 0 spiro atoms. The van der Waals surface area contributed by atoms with Gasteiger partial charge in [-0.3, -0.25) is 4.79 Å². The van der Waals surface area contributed by atoms with E-state index < -0.39 is 36.3 Å². The van der Waals surface area contributed by atoms with Crippen LogP contribution in [0.2, 0.25) is 0 Å². The van der Waals surface area contributed by atoms with E-state index in [2.05, 4.69) is 13.2 Å². The Kier molecular flexibility index (Phi) is 11.7. The van der Waals surface area contributed by atoms with Crippen LogP contribution in [0.1, 0.15) is 44.1 Å². The third-order valence-electron chi connectivity index (χ3n) is 7.03. The lowest BCUT2D eigenvalue weighted by Gasteiger charge is -2.21. The van der Waals surface area contributed by atoms with Crippen LogP contribution in [0.4, 0.5) is 4.39 Å². The normalized spacial score (nSPS) is 13.1. The van der Waals surface area contributed by atoms with E-state index in [1.807, 2.05) is 0 Å². The topological polar surface area (TPSA) is 125 Å². The predicted octanol–water partition coefficient (Wildman–Crippen LogP) is 6.29. The highest BCUT2D eigenvalue weighted by molar-refractivity contribution is 5.94. The van der Waals surface area contributed by atoms with E-state index in [0.29, 0.717) is 11.1 Å². The number of aliphatic hydroxyl groups is 1. The standard InChI is InChI=1S/C36H33FO9/c1-23(20-34(40)44-28-6-4-3-5-7-28)35(41)45-31-17-15-29(16-18-31)43-33(39)19-12-26-8-9-27(21-32(26)37)25-10-13-30(14-11-25)46-36(42)24(2)22-38/h8-19,21,28,38H,1-7,20,22H2/b19-12+. The Morgan fingerprint density at radius 3 is 1.89 bits per heavy atom. The molecule has 0 bridgehead atoms. The molecular formula is C36H33FO9. The van der Waals surface area contributed by atoms with Crippen molar-refractivity contribution in [1.29, 1.82) is 0 Å². The molecule has 9 nitrogen and oxygen atoms in total. The van der Waals surface area contributed by atoms with Crippen molar-refractivity contribution in [2.45, 2.75) is 44.6 Å². The van der Waals surface area contributed by atoms with Crippen molar-refractivity contribution in [2.75, 3.05) is 6.61 Å². The molecule has 3 aromatic carbocycles. The fourth-order valence-electron chi connectivity index (χ4n) is 4.52. The van der Waals surface area contributed by atoms with Crippen LogP contribution in [-0.4, -0.2) is 41.7 Å². The Labute approximate surface area is 265 Å². The number of rotatable bonds is 12. The first kappa shape index (κ1) is 33.5. The number of aliphatic hydroxyl groups excluding tert-OH is 1. The number of hydrogen-bond acceptors (Lipinski definition) is 9. The molecule has 0 unspecified atom stereocenters. The molecule has 0 saturated heterocycles. The maximum atomic E-state index is 14.8. The summed E-state index contributed by atoms with van der Waals surface area (Å²) >= 11 is 0. The van der Waals surface area contributed by atoms with Crippen molar-refractivity contribution in [3.8, 4) is 28.4 Å². The Morgan fingerprint density at radius 2 is 1.30 bits per heavy atom. The minimum Gasteiger partial charge on any atom is -0.462 e. The van der Waals surface area contributed by atoms with E-state index in [0.717, 1.165) is 38.2 Å². The predicted molar refractivity (Wildman–Crippen MR) is 167 cm³/mol. The number of carbonyl (C=O) groups excluding carboxylic acids is 4. The maximum absolute atomic E-state index is 14.8. The van der Waals surface area contributed by atoms with Crippen LogP contribution >= 0.6 is 0 Å². The number of ether oxygens (including phenoxy) is 4. The molecule has 0 aliphatic heterocycles. The molecule has 0 atom stereocenters. The third kappa shape index (κ3) is 9.83. The minimum absolute atomic E-state index is 0.0378. The van der Waals surface area contributed by atoms with Gasteiger partial charge in [-0.05, 0) is 85.4 Å². The van der Waals surface area contributed by atoms with Crippen LogP contribution < -0.4 is 14.2 Å². The molecule has 238 valence electrons. The van der Waals surface area contributed by atoms with E-state index in [1.54, 1.807) is 18.2 Å². The molecule has 0 radical (unpaired) electrons. The van der Waals surface area contributed by atoms with Crippen LogP contribution in [0.5, 0.6) is 17.2 Å². The molecule has 10 heteroatoms. The van der Waals surface area contributed by atoms with E-state index in [1.165, 1.54) is 54.6 Å². The first-order valence-corrected chi connectivity index (χ1v) is 14.6. The Balaban J connectivity index is 1.25. The molecule has 4 rings (SSSR count). The molecule has 1 N–H and O–H groups in total. The number of hydrogen-bond donors (Lipinski definition) is 1. The fourth-order valence-corrected chi connectivity index (χ4v) is 4.52. The van der Waals surface area contributed by atoms with Crippen molar-refractivity contribution in [1.82, 2.24) is 0 Å². The molecular weight excluding hydrogens is 595 g/mol. The monoisotopic (exact) mass is 628 g/mol. The SMILES string of the molecule is C=C(CO)C(=O)Oc1ccc(-c2ccc(/C=C/C(=O)Oc3ccc(OC(=O)C(=C)CC(=O)OC4CCCCC4)cc3)c(F)c2)cc1. The van der Waals surface area contributed by atoms with Gasteiger partial charge in [0.15, 0.2) is 0 Å². The summed E-state index contributed by atoms with van der Waals surface area (Å²) in [5, 5.41) is 8.96. The summed E-state index contributed by atoms with van der Waals surface area (Å²) in [6.45, 7) is 6.52. The highest BCUT2D eigenvalue weighted by Crippen LogP contribution is 2.26. The molecule has 0 aromatic heterocycles. The van der Waals surface area contributed by atoms with E-state index >= 15 is 0 Å². The van der Waals surface area contributed by atoms with Gasteiger partial charge in [0.1, 0.15) is 29.2 Å². The summed E-state index contributed by atoms with van der Waals surface area (Å²) < 4.78 is 35.8. The molecule has 0 heterocycles. The zero-order valence-corrected chi connectivity index (χ0v) is 25.0. The van der Waals surface area contributed by atoms with Crippen LogP contribution in [0.3, 0.4) is 0 Å². The van der Waals surface area contributed by atoms with Gasteiger partial charge in [0, 0.05) is 17.2 Å². The van der Waals surface area contributed by atoms with Crippen LogP contribution in [-0.2, 0) is 23.9 Å². The minimum atomic E-state index is -0.773. The van der Waals surface area contributed by atoms with Gasteiger partial charge in [0.25, 0.3) is 0 Å². The average Bonchev–Trinajstić information content (AvgIpc) is 3.05. The first-order chi connectivity index (χ1) is 22.1. The zero-order chi connectivity index (χ0) is 33.1. The lowest BCUT2D eigenvalue weighted by molar-refractivity contribution is -0.150. The summed E-state index contributed by atoms with van der Waals surface area (Å²) in [4.78, 5) is 48.5. The van der Waals surface area contributed by atoms with Crippen molar-refractivity contribution in [2.24, 2.45) is 0 Å². The van der Waals surface area contributed by atoms with Gasteiger partial charge in [-0.15, -0.1) is 0 Å². The van der Waals surface area contributed by atoms with E-state index in [9.17, 15) is 23.6 Å². The summed E-state index contributed by atoms with van der Waals surface area (Å²) in [5.41, 5.74) is 1.25. The number of carbonyl (C=O) groups is 4. The molecule has 1 saturated carbocycles. The van der Waals surface area contributed by atoms with Crippen LogP contribution in [0, 0.1) is 5.82 Å². The van der Waals surface area contributed by atoms with Gasteiger partial charge in [0.05, 0.1) is 18.6 Å². The molecule has 46 heavy (non-hydrogen) atoms. The third-order valence-corrected chi connectivity index (χ3v) is 7.03. The number of halogens is 1. The van der Waals surface area contributed by atoms with E-state index in [-0.39, 0.29) is 46.5 Å². The van der Waals surface area contributed by atoms with Gasteiger partial charge in [0.2, 0.25) is 0 Å². The highest BCUT2D eigenvalue weighted by Gasteiger charge is 2.21. The van der Waals surface area contributed by atoms with Crippen molar-refractivity contribution in [3.05, 3.63) is 108 Å². The van der Waals surface area contributed by atoms with Gasteiger partial charge in [-0.2, -0.15) is 0 Å². The summed E-state index contributed by atoms with van der Waals surface area (Å²) in [7, 11) is 0. The second-order valence-electron chi connectivity index (χ2n) is 10.6. The van der Waals surface area contributed by atoms with Crippen molar-refractivity contribution in [3.63, 3.8) is 0 Å². The average molecular weight is 629 g/mol. The Hall–Kier alpha value is -5.35. The highest BCUT2D eigenvalue weighted by atomic mass is 19.1. The van der Waals surface area contributed by atoms with Gasteiger partial charge >= 0.3 is 23.9 Å². The van der Waals surface area contributed by atoms with Gasteiger partial charge < -0.3 is 24.1 Å². The van der Waals surface area contributed by atoms with Gasteiger partial charge in [-0.1, -0.05) is 43.8 Å². The van der Waals surface area contributed by atoms with Gasteiger partial charge in [-0.25, -0.2) is 18.8 Å². The molecule has 1 aliphatic carbocycles. The summed E-state index contributed by atoms with van der Waals surface area (Å²) in [6, 6.07) is 16.5. The zero-order valence-electron chi connectivity index (χ0n) is 25.0. The molecule has 1 fully saturated rings. The Bertz CT molecular complexity index is 1630. The smallest absolute Gasteiger partial charge is 0.341 e. The van der Waals surface area contributed by atoms with Crippen molar-refractivity contribution < 1.29 is 47.6 Å². The molecule has 0 amide bonds. The lowest BCUT2D eigenvalue weighted by atomic mass is 9.98. The molecule has 1 aliphatic rings. The maximum Gasteiger partial charge on any atom is 0.341 e. The second kappa shape index (κ2) is 16.1. The molecule has 3 aromatic rings. The number of esters is 4.